The van der Waals surface area contributed by atoms with Gasteiger partial charge in [0.1, 0.15) is 0 Å². The lowest BCUT2D eigenvalue weighted by Crippen LogP contribution is -2.10. The van der Waals surface area contributed by atoms with Gasteiger partial charge < -0.3 is 0 Å². The van der Waals surface area contributed by atoms with Gasteiger partial charge in [-0.2, -0.15) is 0 Å². The fourth-order valence-corrected chi connectivity index (χ4v) is 3.15. The molecule has 0 aromatic heterocycles. The first-order valence-corrected chi connectivity index (χ1v) is 8.03. The number of aryl methyl sites for hydroxylation is 1. The maximum Gasteiger partial charge on any atom is 0.0846 e. The zero-order valence-electron chi connectivity index (χ0n) is 12.4. The third-order valence-electron chi connectivity index (χ3n) is 3.56. The van der Waals surface area contributed by atoms with E-state index in [9.17, 15) is 0 Å². The summed E-state index contributed by atoms with van der Waals surface area (Å²) < 4.78 is 1.10. The molecule has 2 aromatic carbocycles. The van der Waals surface area contributed by atoms with Crippen LogP contribution in [0.3, 0.4) is 0 Å². The molecule has 0 aliphatic carbocycles. The Hall–Kier alpha value is -0.790. The molecule has 2 aromatic rings. The number of hydrogen-bond donors (Lipinski definition) is 0. The zero-order chi connectivity index (χ0) is 14.9. The van der Waals surface area contributed by atoms with E-state index in [4.69, 9.17) is 11.6 Å². The van der Waals surface area contributed by atoms with Gasteiger partial charge in [-0.3, -0.25) is 0 Å². The van der Waals surface area contributed by atoms with Crippen molar-refractivity contribution in [3.05, 3.63) is 69.2 Å². The van der Waals surface area contributed by atoms with Crippen LogP contribution in [0.1, 0.15) is 48.4 Å². The standard InChI is InChI=1S/C18H20BrCl/c1-12-6-5-7-15(16(12)19)17(20)13-8-10-14(11-9-13)18(2,3)4/h5-11,17H,1-4H3. The van der Waals surface area contributed by atoms with E-state index in [1.165, 1.54) is 11.1 Å². The van der Waals surface area contributed by atoms with Gasteiger partial charge in [0, 0.05) is 4.47 Å². The predicted molar refractivity (Wildman–Crippen MR) is 91.7 cm³/mol. The minimum Gasteiger partial charge on any atom is -0.113 e. The summed E-state index contributed by atoms with van der Waals surface area (Å²) in [6.07, 6.45) is 0. The van der Waals surface area contributed by atoms with Crippen molar-refractivity contribution in [2.45, 2.75) is 38.5 Å². The maximum absolute atomic E-state index is 6.65. The molecule has 0 aliphatic heterocycles. The van der Waals surface area contributed by atoms with Gasteiger partial charge in [0.05, 0.1) is 5.38 Å². The molecule has 2 rings (SSSR count). The summed E-state index contributed by atoms with van der Waals surface area (Å²) in [7, 11) is 0. The lowest BCUT2D eigenvalue weighted by Gasteiger charge is -2.20. The third-order valence-corrected chi connectivity index (χ3v) is 5.13. The van der Waals surface area contributed by atoms with Crippen LogP contribution in [0.5, 0.6) is 0 Å². The minimum absolute atomic E-state index is 0.127. The molecular weight excluding hydrogens is 332 g/mol. The molecule has 0 saturated heterocycles. The van der Waals surface area contributed by atoms with Crippen molar-refractivity contribution in [2.24, 2.45) is 0 Å². The molecule has 106 valence electrons. The van der Waals surface area contributed by atoms with Crippen molar-refractivity contribution in [2.75, 3.05) is 0 Å². The topological polar surface area (TPSA) is 0 Å². The van der Waals surface area contributed by atoms with Crippen LogP contribution in [0.2, 0.25) is 0 Å². The molecule has 0 aliphatic rings. The SMILES string of the molecule is Cc1cccc(C(Cl)c2ccc(C(C)(C)C)cc2)c1Br. The highest BCUT2D eigenvalue weighted by Crippen LogP contribution is 2.36. The average molecular weight is 352 g/mol. The van der Waals surface area contributed by atoms with E-state index in [1.54, 1.807) is 0 Å². The Kier molecular flexibility index (Phi) is 4.61. The first-order chi connectivity index (χ1) is 9.30. The zero-order valence-corrected chi connectivity index (χ0v) is 14.7. The largest absolute Gasteiger partial charge is 0.113 e. The van der Waals surface area contributed by atoms with Gasteiger partial charge in [0.25, 0.3) is 0 Å². The molecule has 0 amide bonds. The van der Waals surface area contributed by atoms with Crippen LogP contribution in [-0.2, 0) is 5.41 Å². The highest BCUT2D eigenvalue weighted by Gasteiger charge is 2.17. The van der Waals surface area contributed by atoms with E-state index in [0.717, 1.165) is 15.6 Å². The Morgan fingerprint density at radius 1 is 1.00 bits per heavy atom. The molecule has 2 heteroatoms. The number of benzene rings is 2. The Morgan fingerprint density at radius 3 is 2.15 bits per heavy atom. The molecule has 0 spiro atoms. The van der Waals surface area contributed by atoms with E-state index in [1.807, 2.05) is 6.07 Å². The van der Waals surface area contributed by atoms with Crippen molar-refractivity contribution in [3.8, 4) is 0 Å². The van der Waals surface area contributed by atoms with Gasteiger partial charge in [0.15, 0.2) is 0 Å². The van der Waals surface area contributed by atoms with Gasteiger partial charge in [-0.05, 0) is 34.6 Å². The summed E-state index contributed by atoms with van der Waals surface area (Å²) in [5, 5.41) is -0.127. The summed E-state index contributed by atoms with van der Waals surface area (Å²) in [4.78, 5) is 0. The normalized spacial score (nSPS) is 13.3. The monoisotopic (exact) mass is 350 g/mol. The second kappa shape index (κ2) is 5.91. The molecular formula is C18H20BrCl. The van der Waals surface area contributed by atoms with Gasteiger partial charge in [-0.15, -0.1) is 11.6 Å². The van der Waals surface area contributed by atoms with Gasteiger partial charge in [0.2, 0.25) is 0 Å². The molecule has 0 bridgehead atoms. The van der Waals surface area contributed by atoms with Crippen LogP contribution in [0, 0.1) is 6.92 Å². The fourth-order valence-electron chi connectivity index (χ4n) is 2.20. The Labute approximate surface area is 135 Å². The summed E-state index contributed by atoms with van der Waals surface area (Å²) in [6, 6.07) is 14.8. The van der Waals surface area contributed by atoms with Crippen molar-refractivity contribution in [1.82, 2.24) is 0 Å². The molecule has 0 N–H and O–H groups in total. The Bertz CT molecular complexity index is 594. The fraction of sp³-hybridized carbons (Fsp3) is 0.333. The molecule has 0 fully saturated rings. The second-order valence-corrected chi connectivity index (χ2v) is 7.44. The van der Waals surface area contributed by atoms with Crippen LogP contribution in [0.4, 0.5) is 0 Å². The van der Waals surface area contributed by atoms with Crippen molar-refractivity contribution >= 4 is 27.5 Å². The smallest absolute Gasteiger partial charge is 0.0846 e. The molecule has 20 heavy (non-hydrogen) atoms. The summed E-state index contributed by atoms with van der Waals surface area (Å²) in [5.74, 6) is 0. The van der Waals surface area contributed by atoms with E-state index in [0.29, 0.717) is 0 Å². The third kappa shape index (κ3) is 3.27. The maximum atomic E-state index is 6.65. The molecule has 0 nitrogen and oxygen atoms in total. The van der Waals surface area contributed by atoms with Crippen LogP contribution in [0.15, 0.2) is 46.9 Å². The highest BCUT2D eigenvalue weighted by molar-refractivity contribution is 9.10. The summed E-state index contributed by atoms with van der Waals surface area (Å²) >= 11 is 10.3. The molecule has 0 radical (unpaired) electrons. The van der Waals surface area contributed by atoms with Gasteiger partial charge in [-0.1, -0.05) is 79.2 Å². The van der Waals surface area contributed by atoms with E-state index >= 15 is 0 Å². The minimum atomic E-state index is -0.127. The first kappa shape index (κ1) is 15.6. The van der Waals surface area contributed by atoms with Crippen molar-refractivity contribution in [1.29, 1.82) is 0 Å². The second-order valence-electron chi connectivity index (χ2n) is 6.21. The van der Waals surface area contributed by atoms with E-state index in [-0.39, 0.29) is 10.8 Å². The molecule has 0 saturated carbocycles. The average Bonchev–Trinajstić information content (AvgIpc) is 2.40. The predicted octanol–water partition coefficient (Wildman–Crippen LogP) is 6.38. The lowest BCUT2D eigenvalue weighted by molar-refractivity contribution is 0.590. The van der Waals surface area contributed by atoms with Gasteiger partial charge >= 0.3 is 0 Å². The molecule has 1 unspecified atom stereocenters. The van der Waals surface area contributed by atoms with Gasteiger partial charge in [-0.25, -0.2) is 0 Å². The highest BCUT2D eigenvalue weighted by atomic mass is 79.9. The number of alkyl halides is 1. The van der Waals surface area contributed by atoms with Crippen molar-refractivity contribution in [3.63, 3.8) is 0 Å². The Morgan fingerprint density at radius 2 is 1.60 bits per heavy atom. The Balaban J connectivity index is 2.34. The molecule has 0 heterocycles. The summed E-state index contributed by atoms with van der Waals surface area (Å²) in [5.41, 5.74) is 4.96. The van der Waals surface area contributed by atoms with Crippen LogP contribution >= 0.6 is 27.5 Å². The van der Waals surface area contributed by atoms with E-state index < -0.39 is 0 Å². The van der Waals surface area contributed by atoms with Crippen LogP contribution < -0.4 is 0 Å². The lowest BCUT2D eigenvalue weighted by atomic mass is 9.86. The number of halogens is 2. The number of hydrogen-bond acceptors (Lipinski definition) is 0. The first-order valence-electron chi connectivity index (χ1n) is 6.80. The quantitative estimate of drug-likeness (QED) is 0.550. The van der Waals surface area contributed by atoms with E-state index in [2.05, 4.69) is 80.0 Å². The summed E-state index contributed by atoms with van der Waals surface area (Å²) in [6.45, 7) is 8.74. The van der Waals surface area contributed by atoms with Crippen LogP contribution in [-0.4, -0.2) is 0 Å². The van der Waals surface area contributed by atoms with Crippen molar-refractivity contribution < 1.29 is 0 Å². The van der Waals surface area contributed by atoms with Crippen LogP contribution in [0.25, 0.3) is 0 Å². The number of rotatable bonds is 2. The molecule has 1 atom stereocenters.